The van der Waals surface area contributed by atoms with Gasteiger partial charge < -0.3 is 9.99 Å². The average Bonchev–Trinajstić information content (AvgIpc) is 3.45. The normalized spacial score (nSPS) is 15.2. The summed E-state index contributed by atoms with van der Waals surface area (Å²) in [5, 5.41) is 1.81. The van der Waals surface area contributed by atoms with Crippen molar-refractivity contribution in [3.8, 4) is 22.6 Å². The Morgan fingerprint density at radius 3 is 2.32 bits per heavy atom. The summed E-state index contributed by atoms with van der Waals surface area (Å²) < 4.78 is 2.16. The van der Waals surface area contributed by atoms with Gasteiger partial charge in [-0.3, -0.25) is 0 Å². The smallest absolute Gasteiger partial charge is 0.143 e. The highest BCUT2D eigenvalue weighted by Gasteiger charge is 2.19. The molecule has 0 aliphatic carbocycles. The van der Waals surface area contributed by atoms with Crippen molar-refractivity contribution in [2.75, 3.05) is 0 Å². The van der Waals surface area contributed by atoms with E-state index in [1.807, 2.05) is 42.5 Å². The van der Waals surface area contributed by atoms with Gasteiger partial charge in [0.15, 0.2) is 0 Å². The van der Waals surface area contributed by atoms with Crippen LogP contribution in [0.1, 0.15) is 11.7 Å². The highest BCUT2D eigenvalue weighted by Crippen LogP contribution is 2.39. The number of nitrogens with one attached hydrogen (secondary N) is 2. The summed E-state index contributed by atoms with van der Waals surface area (Å²) in [6.07, 6.45) is 1.60. The van der Waals surface area contributed by atoms with Crippen molar-refractivity contribution in [2.45, 2.75) is 16.1 Å². The van der Waals surface area contributed by atoms with E-state index in [0.29, 0.717) is 0 Å². The van der Waals surface area contributed by atoms with Crippen molar-refractivity contribution in [3.63, 3.8) is 0 Å². The van der Waals surface area contributed by atoms with Crippen LogP contribution in [0.2, 0.25) is 5.02 Å². The molecule has 5 nitrogen and oxygen atoms in total. The van der Waals surface area contributed by atoms with Crippen molar-refractivity contribution >= 4 is 29.7 Å². The Kier molecular flexibility index (Phi) is 5.51. The van der Waals surface area contributed by atoms with Gasteiger partial charge in [0.25, 0.3) is 0 Å². The zero-order valence-electron chi connectivity index (χ0n) is 16.8. The fraction of sp³-hybridized carbons (Fsp3) is 0.0833. The van der Waals surface area contributed by atoms with E-state index in [0.717, 1.165) is 43.2 Å². The molecule has 0 radical (unpaired) electrons. The molecule has 0 fully saturated rings. The molecule has 7 heteroatoms. The van der Waals surface area contributed by atoms with Crippen LogP contribution in [0.15, 0.2) is 93.8 Å². The Balaban J connectivity index is 1.57. The number of aliphatic imine (C=N–C) groups is 1. The number of benzene rings is 3. The minimum atomic E-state index is -0.0689. The van der Waals surface area contributed by atoms with E-state index in [-0.39, 0.29) is 6.17 Å². The summed E-state index contributed by atoms with van der Waals surface area (Å²) in [5.41, 5.74) is 10.2. The lowest BCUT2D eigenvalue weighted by Crippen LogP contribution is -2.26. The topological polar surface area (TPSA) is 54.2 Å². The fourth-order valence-electron chi connectivity index (χ4n) is 3.51. The third-order valence-electron chi connectivity index (χ3n) is 5.11. The maximum atomic E-state index is 6.08. The highest BCUT2D eigenvalue weighted by atomic mass is 35.5. The van der Waals surface area contributed by atoms with Crippen molar-refractivity contribution in [1.82, 2.24) is 20.4 Å². The summed E-state index contributed by atoms with van der Waals surface area (Å²) in [6.45, 7) is 0. The molecule has 1 aliphatic heterocycles. The molecule has 0 bridgehead atoms. The second-order valence-corrected chi connectivity index (χ2v) is 8.66. The standard InChI is InChI=1S/C24H20ClN5S/c1-30-23(18-5-3-2-4-6-18)28-21(24(30)31-20-13-11-19(25)12-14-20)16-7-9-17(10-8-16)22-26-15-27-29-22/h2-15,22,29H,1H3,(H,26,27). The largest absolute Gasteiger partial charge is 0.322 e. The molecule has 0 saturated carbocycles. The van der Waals surface area contributed by atoms with E-state index < -0.39 is 0 Å². The first-order valence-corrected chi connectivity index (χ1v) is 11.1. The van der Waals surface area contributed by atoms with Crippen LogP contribution in [0.3, 0.4) is 0 Å². The first-order valence-electron chi connectivity index (χ1n) is 9.87. The third-order valence-corrected chi connectivity index (χ3v) is 6.53. The van der Waals surface area contributed by atoms with Crippen LogP contribution in [0.25, 0.3) is 22.6 Å². The number of aromatic nitrogens is 2. The van der Waals surface area contributed by atoms with Gasteiger partial charge in [-0.1, -0.05) is 78.0 Å². The lowest BCUT2D eigenvalue weighted by atomic mass is 10.1. The highest BCUT2D eigenvalue weighted by molar-refractivity contribution is 7.99. The quantitative estimate of drug-likeness (QED) is 0.414. The lowest BCUT2D eigenvalue weighted by Gasteiger charge is -2.10. The van der Waals surface area contributed by atoms with Crippen LogP contribution in [0.5, 0.6) is 0 Å². The molecule has 2 N–H and O–H groups in total. The SMILES string of the molecule is Cn1c(-c2ccccc2)nc(-c2ccc(C3N=CNN3)cc2)c1Sc1ccc(Cl)cc1. The Labute approximate surface area is 190 Å². The second-order valence-electron chi connectivity index (χ2n) is 7.16. The van der Waals surface area contributed by atoms with Gasteiger partial charge in [-0.15, -0.1) is 0 Å². The Bertz CT molecular complexity index is 1220. The number of hydrogen-bond acceptors (Lipinski definition) is 5. The van der Waals surface area contributed by atoms with Gasteiger partial charge in [0.2, 0.25) is 0 Å². The minimum Gasteiger partial charge on any atom is -0.322 e. The maximum absolute atomic E-state index is 6.08. The monoisotopic (exact) mass is 445 g/mol. The maximum Gasteiger partial charge on any atom is 0.143 e. The molecular weight excluding hydrogens is 426 g/mol. The molecule has 4 aromatic rings. The zero-order chi connectivity index (χ0) is 21.2. The first kappa shape index (κ1) is 19.9. The summed E-state index contributed by atoms with van der Waals surface area (Å²) >= 11 is 7.76. The van der Waals surface area contributed by atoms with Gasteiger partial charge in [-0.25, -0.2) is 15.4 Å². The van der Waals surface area contributed by atoms with Crippen LogP contribution >= 0.6 is 23.4 Å². The fourth-order valence-corrected chi connectivity index (χ4v) is 4.61. The summed E-state index contributed by atoms with van der Waals surface area (Å²) in [6, 6.07) is 26.5. The molecule has 0 amide bonds. The number of nitrogens with zero attached hydrogens (tertiary/aromatic N) is 3. The number of hydrazine groups is 1. The molecule has 1 unspecified atom stereocenters. The van der Waals surface area contributed by atoms with Crippen molar-refractivity contribution in [2.24, 2.45) is 12.0 Å². The lowest BCUT2D eigenvalue weighted by molar-refractivity contribution is 0.576. The molecule has 0 saturated heterocycles. The summed E-state index contributed by atoms with van der Waals surface area (Å²) in [7, 11) is 2.06. The number of rotatable bonds is 5. The van der Waals surface area contributed by atoms with Crippen molar-refractivity contribution < 1.29 is 0 Å². The zero-order valence-corrected chi connectivity index (χ0v) is 18.4. The molecule has 1 aliphatic rings. The molecule has 2 heterocycles. The van der Waals surface area contributed by atoms with Crippen LogP contribution in [-0.4, -0.2) is 15.9 Å². The van der Waals surface area contributed by atoms with Gasteiger partial charge in [-0.2, -0.15) is 0 Å². The van der Waals surface area contributed by atoms with E-state index in [1.54, 1.807) is 18.1 Å². The van der Waals surface area contributed by atoms with Crippen LogP contribution < -0.4 is 10.9 Å². The van der Waals surface area contributed by atoms with Crippen molar-refractivity contribution in [1.29, 1.82) is 0 Å². The molecule has 0 spiro atoms. The van der Waals surface area contributed by atoms with E-state index in [9.17, 15) is 0 Å². The molecule has 1 aromatic heterocycles. The average molecular weight is 446 g/mol. The second kappa shape index (κ2) is 8.59. The van der Waals surface area contributed by atoms with E-state index >= 15 is 0 Å². The van der Waals surface area contributed by atoms with Crippen LogP contribution in [0, 0.1) is 0 Å². The molecule has 1 atom stereocenters. The molecule has 5 rings (SSSR count). The number of imidazole rings is 1. The first-order chi connectivity index (χ1) is 15.2. The van der Waals surface area contributed by atoms with Gasteiger partial charge in [0.05, 0.1) is 6.34 Å². The van der Waals surface area contributed by atoms with Crippen molar-refractivity contribution in [3.05, 3.63) is 89.4 Å². The number of hydrogen-bond donors (Lipinski definition) is 2. The van der Waals surface area contributed by atoms with Crippen LogP contribution in [0.4, 0.5) is 0 Å². The Hall–Kier alpha value is -3.06. The van der Waals surface area contributed by atoms with Gasteiger partial charge >= 0.3 is 0 Å². The van der Waals surface area contributed by atoms with Gasteiger partial charge in [-0.05, 0) is 29.8 Å². The molecule has 31 heavy (non-hydrogen) atoms. The summed E-state index contributed by atoms with van der Waals surface area (Å²) in [5.74, 6) is 0.933. The Morgan fingerprint density at radius 2 is 1.65 bits per heavy atom. The van der Waals surface area contributed by atoms with E-state index in [2.05, 4.69) is 63.9 Å². The Morgan fingerprint density at radius 1 is 0.903 bits per heavy atom. The number of halogens is 1. The molecule has 154 valence electrons. The van der Waals surface area contributed by atoms with E-state index in [1.165, 1.54) is 0 Å². The minimum absolute atomic E-state index is 0.0689. The summed E-state index contributed by atoms with van der Waals surface area (Å²) in [4.78, 5) is 10.5. The predicted molar refractivity (Wildman–Crippen MR) is 127 cm³/mol. The predicted octanol–water partition coefficient (Wildman–Crippen LogP) is 5.69. The van der Waals surface area contributed by atoms with E-state index in [4.69, 9.17) is 16.6 Å². The molecule has 3 aromatic carbocycles. The van der Waals surface area contributed by atoms with Gasteiger partial charge in [0, 0.05) is 28.1 Å². The van der Waals surface area contributed by atoms with Gasteiger partial charge in [0.1, 0.15) is 22.7 Å². The van der Waals surface area contributed by atoms with Crippen LogP contribution in [-0.2, 0) is 7.05 Å². The molecular formula is C24H20ClN5S. The third kappa shape index (κ3) is 4.10.